The Hall–Kier alpha value is -2.51. The minimum absolute atomic E-state index is 0.0581. The highest BCUT2D eigenvalue weighted by molar-refractivity contribution is 5.77. The van der Waals surface area contributed by atoms with Gasteiger partial charge in [0, 0.05) is 51.5 Å². The number of amides is 1. The molecule has 3 heterocycles. The first-order chi connectivity index (χ1) is 14.0. The fraction of sp³-hybridized carbons (Fsp3) is 0.455. The summed E-state index contributed by atoms with van der Waals surface area (Å²) in [4.78, 5) is 31.1. The Bertz CT molecular complexity index is 911. The molecule has 1 N–H and O–H groups in total. The van der Waals surface area contributed by atoms with Crippen LogP contribution in [0.3, 0.4) is 0 Å². The summed E-state index contributed by atoms with van der Waals surface area (Å²) in [5.74, 6) is 0.379. The lowest BCUT2D eigenvalue weighted by Crippen LogP contribution is -2.36. The quantitative estimate of drug-likeness (QED) is 0.809. The van der Waals surface area contributed by atoms with Crippen LogP contribution < -0.4 is 5.56 Å². The number of carbonyl (C=O) groups is 1. The second kappa shape index (κ2) is 8.47. The number of hydrogen-bond donors (Lipinski definition) is 1. The third-order valence-corrected chi connectivity index (χ3v) is 6.03. The van der Waals surface area contributed by atoms with Gasteiger partial charge in [-0.05, 0) is 29.2 Å². The summed E-state index contributed by atoms with van der Waals surface area (Å²) in [6, 6.07) is 9.87. The second-order valence-electron chi connectivity index (χ2n) is 7.97. The molecule has 1 aromatic carbocycles. The van der Waals surface area contributed by atoms with E-state index in [0.29, 0.717) is 25.5 Å². The van der Waals surface area contributed by atoms with Gasteiger partial charge in [-0.2, -0.15) is 0 Å². The Morgan fingerprint density at radius 1 is 1.24 bits per heavy atom. The van der Waals surface area contributed by atoms with Crippen molar-refractivity contribution in [1.29, 1.82) is 0 Å². The van der Waals surface area contributed by atoms with E-state index < -0.39 is 0 Å². The summed E-state index contributed by atoms with van der Waals surface area (Å²) < 4.78 is 19.0. The molecule has 0 aliphatic carbocycles. The van der Waals surface area contributed by atoms with E-state index in [1.54, 1.807) is 25.4 Å². The molecule has 29 heavy (non-hydrogen) atoms. The Labute approximate surface area is 169 Å². The molecule has 0 saturated carbocycles. The molecule has 154 valence electrons. The number of methoxy groups -OCH3 is 1. The number of hydrogen-bond acceptors (Lipinski definition) is 4. The highest BCUT2D eigenvalue weighted by Gasteiger charge is 2.48. The van der Waals surface area contributed by atoms with E-state index in [1.807, 2.05) is 17.0 Å². The normalized spacial score (nSPS) is 24.1. The third kappa shape index (κ3) is 4.26. The maximum Gasteiger partial charge on any atom is 0.247 e. The van der Waals surface area contributed by atoms with Gasteiger partial charge in [-0.1, -0.05) is 18.2 Å². The van der Waals surface area contributed by atoms with Gasteiger partial charge >= 0.3 is 0 Å². The van der Waals surface area contributed by atoms with Crippen LogP contribution in [0, 0.1) is 17.7 Å². The predicted molar refractivity (Wildman–Crippen MR) is 107 cm³/mol. The van der Waals surface area contributed by atoms with E-state index >= 15 is 0 Å². The van der Waals surface area contributed by atoms with Crippen LogP contribution in [0.15, 0.2) is 47.4 Å². The number of likely N-dealkylation sites (tertiary alicyclic amines) is 2. The number of nitrogens with one attached hydrogen (secondary N) is 1. The number of pyridine rings is 1. The molecule has 0 unspecified atom stereocenters. The zero-order valence-corrected chi connectivity index (χ0v) is 16.5. The molecular formula is C22H26FN3O3. The zero-order valence-electron chi connectivity index (χ0n) is 16.5. The number of carbonyl (C=O) groups excluding carboxylic acids is 1. The Balaban J connectivity index is 1.54. The van der Waals surface area contributed by atoms with Gasteiger partial charge in [0.05, 0.1) is 19.1 Å². The molecule has 7 heteroatoms. The SMILES string of the molecule is COCCC(=O)N1C[C@@H]2CN(Cc3ccc(=O)[nH]c3)C[C@@H]2[C@@H]1c1cccc(F)c1. The molecule has 4 rings (SSSR count). The molecule has 0 radical (unpaired) electrons. The minimum atomic E-state index is -0.279. The van der Waals surface area contributed by atoms with Crippen molar-refractivity contribution in [1.82, 2.24) is 14.8 Å². The lowest BCUT2D eigenvalue weighted by Gasteiger charge is -2.30. The van der Waals surface area contributed by atoms with E-state index in [-0.39, 0.29) is 29.2 Å². The molecule has 2 saturated heterocycles. The number of aromatic nitrogens is 1. The Kier molecular flexibility index (Phi) is 5.78. The Morgan fingerprint density at radius 3 is 2.83 bits per heavy atom. The summed E-state index contributed by atoms with van der Waals surface area (Å²) in [6.07, 6.45) is 2.09. The number of rotatable bonds is 6. The van der Waals surface area contributed by atoms with E-state index in [0.717, 1.165) is 30.8 Å². The molecule has 0 bridgehead atoms. The van der Waals surface area contributed by atoms with E-state index in [4.69, 9.17) is 4.74 Å². The van der Waals surface area contributed by atoms with E-state index in [1.165, 1.54) is 12.1 Å². The van der Waals surface area contributed by atoms with Crippen LogP contribution in [0.4, 0.5) is 4.39 Å². The molecule has 3 atom stereocenters. The second-order valence-corrected chi connectivity index (χ2v) is 7.97. The molecule has 2 fully saturated rings. The highest BCUT2D eigenvalue weighted by atomic mass is 19.1. The van der Waals surface area contributed by atoms with Gasteiger partial charge < -0.3 is 14.6 Å². The van der Waals surface area contributed by atoms with Crippen molar-refractivity contribution in [2.45, 2.75) is 19.0 Å². The van der Waals surface area contributed by atoms with Gasteiger partial charge in [0.15, 0.2) is 0 Å². The molecule has 0 spiro atoms. The summed E-state index contributed by atoms with van der Waals surface area (Å²) in [5.41, 5.74) is 1.80. The van der Waals surface area contributed by atoms with Gasteiger partial charge in [-0.3, -0.25) is 14.5 Å². The van der Waals surface area contributed by atoms with Crippen LogP contribution >= 0.6 is 0 Å². The minimum Gasteiger partial charge on any atom is -0.384 e. The predicted octanol–water partition coefficient (Wildman–Crippen LogP) is 2.18. The first kappa shape index (κ1) is 19.8. The summed E-state index contributed by atoms with van der Waals surface area (Å²) in [7, 11) is 1.59. The van der Waals surface area contributed by atoms with Crippen molar-refractivity contribution in [3.8, 4) is 0 Å². The van der Waals surface area contributed by atoms with Crippen molar-refractivity contribution >= 4 is 5.91 Å². The number of benzene rings is 1. The van der Waals surface area contributed by atoms with Crippen molar-refractivity contribution in [3.05, 3.63) is 69.9 Å². The van der Waals surface area contributed by atoms with E-state index in [9.17, 15) is 14.0 Å². The van der Waals surface area contributed by atoms with Crippen molar-refractivity contribution in [2.75, 3.05) is 33.4 Å². The topological polar surface area (TPSA) is 65.6 Å². The lowest BCUT2D eigenvalue weighted by molar-refractivity contribution is -0.133. The number of ether oxygens (including phenoxy) is 1. The monoisotopic (exact) mass is 399 g/mol. The van der Waals surface area contributed by atoms with Crippen LogP contribution in [0.1, 0.15) is 23.6 Å². The third-order valence-electron chi connectivity index (χ3n) is 6.03. The average molecular weight is 399 g/mol. The number of aromatic amines is 1. The molecule has 2 aliphatic rings. The molecular weight excluding hydrogens is 373 g/mol. The van der Waals surface area contributed by atoms with Gasteiger partial charge in [0.1, 0.15) is 5.82 Å². The van der Waals surface area contributed by atoms with Crippen LogP contribution in [0.2, 0.25) is 0 Å². The van der Waals surface area contributed by atoms with Gasteiger partial charge in [-0.25, -0.2) is 4.39 Å². The fourth-order valence-corrected chi connectivity index (χ4v) is 4.77. The Morgan fingerprint density at radius 2 is 2.10 bits per heavy atom. The molecule has 1 aromatic heterocycles. The summed E-state index contributed by atoms with van der Waals surface area (Å²) >= 11 is 0. The van der Waals surface area contributed by atoms with Crippen LogP contribution in [-0.2, 0) is 16.1 Å². The van der Waals surface area contributed by atoms with Gasteiger partial charge in [0.25, 0.3) is 0 Å². The summed E-state index contributed by atoms with van der Waals surface area (Å²) in [5, 5.41) is 0. The first-order valence-electron chi connectivity index (χ1n) is 9.99. The number of fused-ring (bicyclic) bond motifs is 1. The van der Waals surface area contributed by atoms with Crippen molar-refractivity contribution in [3.63, 3.8) is 0 Å². The average Bonchev–Trinajstić information content (AvgIpc) is 3.25. The maximum absolute atomic E-state index is 13.9. The fourth-order valence-electron chi connectivity index (χ4n) is 4.77. The molecule has 1 amide bonds. The zero-order chi connectivity index (χ0) is 20.4. The standard InChI is InChI=1S/C22H26FN3O3/c1-29-8-7-21(28)26-13-17-12-25(11-15-5-6-20(27)24-10-15)14-19(17)22(26)16-3-2-4-18(23)9-16/h2-6,9-10,17,19,22H,7-8,11-14H2,1H3,(H,24,27)/t17-,19-,22-/m0/s1. The number of nitrogens with zero attached hydrogens (tertiary/aromatic N) is 2. The number of H-pyrrole nitrogens is 1. The summed E-state index contributed by atoms with van der Waals surface area (Å²) in [6.45, 7) is 3.52. The van der Waals surface area contributed by atoms with E-state index in [2.05, 4.69) is 9.88 Å². The first-order valence-corrected chi connectivity index (χ1v) is 9.99. The number of halogens is 1. The largest absolute Gasteiger partial charge is 0.384 e. The molecule has 2 aliphatic heterocycles. The smallest absolute Gasteiger partial charge is 0.247 e. The van der Waals surface area contributed by atoms with Crippen LogP contribution in [0.25, 0.3) is 0 Å². The maximum atomic E-state index is 13.9. The van der Waals surface area contributed by atoms with Gasteiger partial charge in [0.2, 0.25) is 11.5 Å². The highest BCUT2D eigenvalue weighted by Crippen LogP contribution is 2.45. The molecule has 2 aromatic rings. The van der Waals surface area contributed by atoms with Crippen LogP contribution in [0.5, 0.6) is 0 Å². The van der Waals surface area contributed by atoms with Gasteiger partial charge in [-0.15, -0.1) is 0 Å². The van der Waals surface area contributed by atoms with Crippen molar-refractivity contribution in [2.24, 2.45) is 11.8 Å². The van der Waals surface area contributed by atoms with Crippen LogP contribution in [-0.4, -0.2) is 54.0 Å². The molecule has 6 nitrogen and oxygen atoms in total. The van der Waals surface area contributed by atoms with Crippen molar-refractivity contribution < 1.29 is 13.9 Å². The lowest BCUT2D eigenvalue weighted by atomic mass is 9.89.